The number of primary amides is 1. The Morgan fingerprint density at radius 3 is 2.55 bits per heavy atom. The summed E-state index contributed by atoms with van der Waals surface area (Å²) >= 11 is 1.75. The van der Waals surface area contributed by atoms with Gasteiger partial charge in [-0.25, -0.2) is 0 Å². The fraction of sp³-hybridized carbons (Fsp3) is 0.857. The molecule has 0 unspecified atom stereocenters. The maximum Gasteiger partial charge on any atom is 0.237 e. The smallest absolute Gasteiger partial charge is 0.237 e. The first-order valence-corrected chi connectivity index (χ1v) is 4.98. The Labute approximate surface area is 71.9 Å². The third kappa shape index (κ3) is 4.27. The van der Waals surface area contributed by atoms with Crippen LogP contribution in [0.2, 0.25) is 0 Å². The van der Waals surface area contributed by atoms with E-state index in [1.54, 1.807) is 18.7 Å². The second kappa shape index (κ2) is 4.62. The zero-order chi connectivity index (χ0) is 8.91. The molecular weight excluding hydrogens is 160 g/mol. The number of hydrogen-bond donors (Lipinski definition) is 2. The van der Waals surface area contributed by atoms with Crippen LogP contribution in [-0.2, 0) is 4.79 Å². The van der Waals surface area contributed by atoms with Crippen molar-refractivity contribution in [1.82, 2.24) is 0 Å². The number of carbonyl (C=O) groups excluding carboxylic acids is 1. The normalized spacial score (nSPS) is 15.9. The molecule has 0 aliphatic carbocycles. The van der Waals surface area contributed by atoms with Gasteiger partial charge in [0, 0.05) is 0 Å². The summed E-state index contributed by atoms with van der Waals surface area (Å²) in [6.07, 6.45) is 3.64. The molecule has 0 bridgehead atoms. The molecule has 0 saturated heterocycles. The summed E-state index contributed by atoms with van der Waals surface area (Å²) in [5.74, 6) is 0.610. The molecule has 0 aliphatic rings. The molecule has 11 heavy (non-hydrogen) atoms. The van der Waals surface area contributed by atoms with E-state index in [0.29, 0.717) is 6.42 Å². The molecule has 1 atom stereocenters. The van der Waals surface area contributed by atoms with Crippen LogP contribution in [0.25, 0.3) is 0 Å². The van der Waals surface area contributed by atoms with Crippen LogP contribution in [0.3, 0.4) is 0 Å². The van der Waals surface area contributed by atoms with E-state index in [0.717, 1.165) is 12.2 Å². The van der Waals surface area contributed by atoms with Crippen molar-refractivity contribution < 1.29 is 4.79 Å². The molecule has 0 rings (SSSR count). The second-order valence-corrected chi connectivity index (χ2v) is 3.86. The number of rotatable bonds is 5. The molecule has 0 heterocycles. The second-order valence-electron chi connectivity index (χ2n) is 2.88. The van der Waals surface area contributed by atoms with Gasteiger partial charge in [0.2, 0.25) is 5.91 Å². The fourth-order valence-electron chi connectivity index (χ4n) is 0.707. The minimum atomic E-state index is -0.824. The minimum Gasteiger partial charge on any atom is -0.368 e. The molecule has 4 heteroatoms. The van der Waals surface area contributed by atoms with Crippen LogP contribution < -0.4 is 11.5 Å². The van der Waals surface area contributed by atoms with E-state index in [2.05, 4.69) is 0 Å². The first-order valence-electron chi connectivity index (χ1n) is 3.58. The summed E-state index contributed by atoms with van der Waals surface area (Å²) in [5.41, 5.74) is 9.87. The Balaban J connectivity index is 3.64. The van der Waals surface area contributed by atoms with Gasteiger partial charge in [0.25, 0.3) is 0 Å². The van der Waals surface area contributed by atoms with Gasteiger partial charge < -0.3 is 11.5 Å². The average Bonchev–Trinajstić information content (AvgIpc) is 1.88. The van der Waals surface area contributed by atoms with E-state index >= 15 is 0 Å². The van der Waals surface area contributed by atoms with Crippen LogP contribution in [0.1, 0.15) is 19.8 Å². The predicted molar refractivity (Wildman–Crippen MR) is 49.4 cm³/mol. The number of carbonyl (C=O) groups is 1. The van der Waals surface area contributed by atoms with Crippen LogP contribution in [0.5, 0.6) is 0 Å². The van der Waals surface area contributed by atoms with E-state index in [4.69, 9.17) is 11.5 Å². The molecule has 0 aromatic rings. The standard InChI is InChI=1S/C7H16N2OS/c1-7(9,6(8)10)4-3-5-11-2/h3-5,9H2,1-2H3,(H2,8,10)/t7-/m1/s1. The lowest BCUT2D eigenvalue weighted by molar-refractivity contribution is -0.122. The van der Waals surface area contributed by atoms with Gasteiger partial charge in [0.1, 0.15) is 0 Å². The van der Waals surface area contributed by atoms with Gasteiger partial charge in [-0.2, -0.15) is 11.8 Å². The highest BCUT2D eigenvalue weighted by atomic mass is 32.2. The van der Waals surface area contributed by atoms with Crippen molar-refractivity contribution in [2.75, 3.05) is 12.0 Å². The van der Waals surface area contributed by atoms with Crippen molar-refractivity contribution in [1.29, 1.82) is 0 Å². The topological polar surface area (TPSA) is 69.1 Å². The molecule has 0 aromatic carbocycles. The Hall–Kier alpha value is -0.220. The average molecular weight is 176 g/mol. The lowest BCUT2D eigenvalue weighted by Crippen LogP contribution is -2.49. The van der Waals surface area contributed by atoms with Gasteiger partial charge in [-0.05, 0) is 31.8 Å². The van der Waals surface area contributed by atoms with Crippen molar-refractivity contribution in [3.8, 4) is 0 Å². The van der Waals surface area contributed by atoms with Crippen LogP contribution in [0, 0.1) is 0 Å². The summed E-state index contributed by atoms with van der Waals surface area (Å²) in [6, 6.07) is 0. The highest BCUT2D eigenvalue weighted by Crippen LogP contribution is 2.10. The lowest BCUT2D eigenvalue weighted by atomic mass is 9.97. The third-order valence-electron chi connectivity index (χ3n) is 1.61. The largest absolute Gasteiger partial charge is 0.368 e. The lowest BCUT2D eigenvalue weighted by Gasteiger charge is -2.19. The van der Waals surface area contributed by atoms with E-state index in [1.807, 2.05) is 6.26 Å². The zero-order valence-electron chi connectivity index (χ0n) is 7.09. The van der Waals surface area contributed by atoms with Gasteiger partial charge >= 0.3 is 0 Å². The van der Waals surface area contributed by atoms with Crippen molar-refractivity contribution in [3.05, 3.63) is 0 Å². The predicted octanol–water partition coefficient (Wildman–Crippen LogP) is 0.332. The minimum absolute atomic E-state index is 0.418. The third-order valence-corrected chi connectivity index (χ3v) is 2.30. The molecule has 66 valence electrons. The summed E-state index contributed by atoms with van der Waals surface area (Å²) in [6.45, 7) is 1.68. The first-order chi connectivity index (χ1) is 5.00. The summed E-state index contributed by atoms with van der Waals surface area (Å²) in [4.78, 5) is 10.7. The van der Waals surface area contributed by atoms with Gasteiger partial charge in [-0.1, -0.05) is 0 Å². The quantitative estimate of drug-likeness (QED) is 0.593. The molecule has 0 saturated carbocycles. The van der Waals surface area contributed by atoms with Gasteiger partial charge in [-0.3, -0.25) is 4.79 Å². The van der Waals surface area contributed by atoms with Crippen molar-refractivity contribution in [3.63, 3.8) is 0 Å². The van der Waals surface area contributed by atoms with Crippen molar-refractivity contribution >= 4 is 17.7 Å². The van der Waals surface area contributed by atoms with Crippen molar-refractivity contribution in [2.45, 2.75) is 25.3 Å². The number of nitrogens with two attached hydrogens (primary N) is 2. The Kier molecular flexibility index (Phi) is 4.52. The molecule has 0 aromatic heterocycles. The Morgan fingerprint density at radius 2 is 2.18 bits per heavy atom. The van der Waals surface area contributed by atoms with Gasteiger partial charge in [0.15, 0.2) is 0 Å². The zero-order valence-corrected chi connectivity index (χ0v) is 7.91. The van der Waals surface area contributed by atoms with E-state index < -0.39 is 11.4 Å². The molecule has 0 fully saturated rings. The first kappa shape index (κ1) is 10.8. The molecule has 0 radical (unpaired) electrons. The summed E-state index contributed by atoms with van der Waals surface area (Å²) in [5, 5.41) is 0. The van der Waals surface area contributed by atoms with Gasteiger partial charge in [-0.15, -0.1) is 0 Å². The van der Waals surface area contributed by atoms with Crippen LogP contribution in [0.15, 0.2) is 0 Å². The SMILES string of the molecule is CSCCC[C@@](C)(N)C(N)=O. The number of hydrogen-bond acceptors (Lipinski definition) is 3. The van der Waals surface area contributed by atoms with Crippen LogP contribution in [0.4, 0.5) is 0 Å². The monoisotopic (exact) mass is 176 g/mol. The highest BCUT2D eigenvalue weighted by Gasteiger charge is 2.24. The van der Waals surface area contributed by atoms with E-state index in [9.17, 15) is 4.79 Å². The number of thioether (sulfide) groups is 1. The highest BCUT2D eigenvalue weighted by molar-refractivity contribution is 7.98. The molecule has 1 amide bonds. The fourth-order valence-corrected chi connectivity index (χ4v) is 1.14. The molecule has 0 aliphatic heterocycles. The summed E-state index contributed by atoms with van der Waals surface area (Å²) in [7, 11) is 0. The number of amides is 1. The van der Waals surface area contributed by atoms with Crippen LogP contribution >= 0.6 is 11.8 Å². The van der Waals surface area contributed by atoms with Gasteiger partial charge in [0.05, 0.1) is 5.54 Å². The molecule has 0 spiro atoms. The van der Waals surface area contributed by atoms with Crippen LogP contribution in [-0.4, -0.2) is 23.5 Å². The molecule has 4 N–H and O–H groups in total. The maximum atomic E-state index is 10.7. The van der Waals surface area contributed by atoms with E-state index in [1.165, 1.54) is 0 Å². The molecule has 3 nitrogen and oxygen atoms in total. The molecular formula is C7H16N2OS. The van der Waals surface area contributed by atoms with Crippen molar-refractivity contribution in [2.24, 2.45) is 11.5 Å². The Morgan fingerprint density at radius 1 is 1.64 bits per heavy atom. The maximum absolute atomic E-state index is 10.7. The Bertz CT molecular complexity index is 136. The van der Waals surface area contributed by atoms with E-state index in [-0.39, 0.29) is 0 Å². The summed E-state index contributed by atoms with van der Waals surface area (Å²) < 4.78 is 0.